The molecule has 3 aromatic rings. The third-order valence-corrected chi connectivity index (χ3v) is 5.86. The lowest BCUT2D eigenvalue weighted by molar-refractivity contribution is -0.137. The first-order valence-electron chi connectivity index (χ1n) is 9.16. The number of sulfonamides is 1. The van der Waals surface area contributed by atoms with E-state index in [0.717, 1.165) is 18.3 Å². The van der Waals surface area contributed by atoms with Crippen LogP contribution in [0.1, 0.15) is 12.1 Å². The Bertz CT molecular complexity index is 1180. The highest BCUT2D eigenvalue weighted by Gasteiger charge is 2.30. The fourth-order valence-corrected chi connectivity index (χ4v) is 3.38. The zero-order valence-electron chi connectivity index (χ0n) is 16.6. The number of aromatic nitrogens is 3. The molecule has 2 heterocycles. The topological polar surface area (TPSA) is 88.9 Å². The van der Waals surface area contributed by atoms with Gasteiger partial charge in [-0.15, -0.1) is 0 Å². The standard InChI is InChI=1S/C19H18F5N5O2S/c1-25-32(30,31)9-7-26-17-11-27-16(12-2-4-13(5-3-12)19(22,23)24)10-14(17)15-6-8-29(28-15)18(20)21/h2-6,8,10-11,18,25-26H,7,9H2,1H3. The maximum atomic E-state index is 13.0. The number of hydrogen-bond acceptors (Lipinski definition) is 5. The number of nitrogens with one attached hydrogen (secondary N) is 2. The number of nitrogens with zero attached hydrogens (tertiary/aromatic N) is 3. The maximum Gasteiger partial charge on any atom is 0.416 e. The van der Waals surface area contributed by atoms with E-state index in [0.29, 0.717) is 21.5 Å². The monoisotopic (exact) mass is 475 g/mol. The Morgan fingerprint density at radius 2 is 1.78 bits per heavy atom. The molecule has 0 radical (unpaired) electrons. The molecule has 0 atom stereocenters. The minimum absolute atomic E-state index is 0.00691. The highest BCUT2D eigenvalue weighted by molar-refractivity contribution is 7.89. The summed E-state index contributed by atoms with van der Waals surface area (Å²) in [5, 5.41) is 6.70. The summed E-state index contributed by atoms with van der Waals surface area (Å²) in [5.74, 6) is -0.255. The van der Waals surface area contributed by atoms with Crippen LogP contribution >= 0.6 is 0 Å². The number of rotatable bonds is 8. The van der Waals surface area contributed by atoms with E-state index in [9.17, 15) is 30.4 Å². The molecule has 7 nitrogen and oxygen atoms in total. The minimum Gasteiger partial charge on any atom is -0.382 e. The number of benzene rings is 1. The molecule has 0 bridgehead atoms. The molecular formula is C19H18F5N5O2S. The summed E-state index contributed by atoms with van der Waals surface area (Å²) in [6.45, 7) is -2.87. The number of hydrogen-bond donors (Lipinski definition) is 2. The number of alkyl halides is 5. The van der Waals surface area contributed by atoms with Crippen LogP contribution < -0.4 is 10.0 Å². The van der Waals surface area contributed by atoms with Gasteiger partial charge in [-0.2, -0.15) is 27.1 Å². The lowest BCUT2D eigenvalue weighted by Crippen LogP contribution is -2.26. The quantitative estimate of drug-likeness (QED) is 0.481. The van der Waals surface area contributed by atoms with Gasteiger partial charge in [0.25, 0.3) is 0 Å². The minimum atomic E-state index is -4.49. The second-order valence-electron chi connectivity index (χ2n) is 6.60. The van der Waals surface area contributed by atoms with Crippen LogP contribution in [-0.4, -0.2) is 42.5 Å². The van der Waals surface area contributed by atoms with Crippen LogP contribution in [0.5, 0.6) is 0 Å². The Labute approximate surface area is 180 Å². The van der Waals surface area contributed by atoms with Crippen molar-refractivity contribution in [1.29, 1.82) is 0 Å². The summed E-state index contributed by atoms with van der Waals surface area (Å²) >= 11 is 0. The van der Waals surface area contributed by atoms with E-state index >= 15 is 0 Å². The molecular weight excluding hydrogens is 457 g/mol. The van der Waals surface area contributed by atoms with Gasteiger partial charge in [0.15, 0.2) is 0 Å². The van der Waals surface area contributed by atoms with Gasteiger partial charge in [-0.3, -0.25) is 4.98 Å². The molecule has 32 heavy (non-hydrogen) atoms. The van der Waals surface area contributed by atoms with Gasteiger partial charge in [-0.05, 0) is 31.3 Å². The van der Waals surface area contributed by atoms with Crippen molar-refractivity contribution in [2.24, 2.45) is 0 Å². The van der Waals surface area contributed by atoms with Gasteiger partial charge in [0.05, 0.1) is 34.6 Å². The van der Waals surface area contributed by atoms with Crippen LogP contribution in [-0.2, 0) is 16.2 Å². The fraction of sp³-hybridized carbons (Fsp3) is 0.263. The Kier molecular flexibility index (Phi) is 6.79. The van der Waals surface area contributed by atoms with Gasteiger partial charge in [0.1, 0.15) is 0 Å². The van der Waals surface area contributed by atoms with Gasteiger partial charge in [0.2, 0.25) is 10.0 Å². The Morgan fingerprint density at radius 3 is 2.34 bits per heavy atom. The third-order valence-electron chi connectivity index (χ3n) is 4.49. The highest BCUT2D eigenvalue weighted by Crippen LogP contribution is 2.33. The van der Waals surface area contributed by atoms with Crippen molar-refractivity contribution in [3.63, 3.8) is 0 Å². The van der Waals surface area contributed by atoms with E-state index in [1.165, 1.54) is 37.5 Å². The first-order chi connectivity index (χ1) is 15.0. The predicted octanol–water partition coefficient (Wildman–Crippen LogP) is 3.99. The van der Waals surface area contributed by atoms with E-state index < -0.39 is 28.3 Å². The maximum absolute atomic E-state index is 13.0. The molecule has 0 spiro atoms. The summed E-state index contributed by atoms with van der Waals surface area (Å²) in [6.07, 6.45) is -2.07. The van der Waals surface area contributed by atoms with Gasteiger partial charge in [0, 0.05) is 23.9 Å². The number of pyridine rings is 1. The van der Waals surface area contributed by atoms with Gasteiger partial charge < -0.3 is 5.32 Å². The molecule has 0 amide bonds. The molecule has 0 unspecified atom stereocenters. The molecule has 3 rings (SSSR count). The van der Waals surface area contributed by atoms with Crippen molar-refractivity contribution >= 4 is 15.7 Å². The normalized spacial score (nSPS) is 12.3. The second-order valence-corrected chi connectivity index (χ2v) is 8.64. The van der Waals surface area contributed by atoms with E-state index in [-0.39, 0.29) is 23.7 Å². The van der Waals surface area contributed by atoms with Gasteiger partial charge >= 0.3 is 12.7 Å². The predicted molar refractivity (Wildman–Crippen MR) is 108 cm³/mol. The SMILES string of the molecule is CNS(=O)(=O)CCNc1cnc(-c2ccc(C(F)(F)F)cc2)cc1-c1ccn(C(F)F)n1. The summed E-state index contributed by atoms with van der Waals surface area (Å²) < 4.78 is 90.2. The molecule has 172 valence electrons. The first kappa shape index (κ1) is 23.6. The van der Waals surface area contributed by atoms with Crippen LogP contribution in [0.3, 0.4) is 0 Å². The van der Waals surface area contributed by atoms with Crippen molar-refractivity contribution < 1.29 is 30.4 Å². The van der Waals surface area contributed by atoms with Crippen LogP contribution in [0.15, 0.2) is 48.8 Å². The molecule has 2 N–H and O–H groups in total. The Morgan fingerprint density at radius 1 is 1.09 bits per heavy atom. The lowest BCUT2D eigenvalue weighted by atomic mass is 10.0. The molecule has 0 aliphatic heterocycles. The Balaban J connectivity index is 1.97. The summed E-state index contributed by atoms with van der Waals surface area (Å²) in [4.78, 5) is 4.21. The second kappa shape index (κ2) is 9.20. The van der Waals surface area contributed by atoms with Crippen LogP contribution in [0.25, 0.3) is 22.5 Å². The van der Waals surface area contributed by atoms with Crippen LogP contribution in [0.2, 0.25) is 0 Å². The van der Waals surface area contributed by atoms with E-state index in [1.807, 2.05) is 0 Å². The molecule has 13 heteroatoms. The van der Waals surface area contributed by atoms with E-state index in [1.54, 1.807) is 0 Å². The van der Waals surface area contributed by atoms with Crippen molar-refractivity contribution in [2.45, 2.75) is 12.7 Å². The van der Waals surface area contributed by atoms with Crippen molar-refractivity contribution in [2.75, 3.05) is 24.7 Å². The van der Waals surface area contributed by atoms with Gasteiger partial charge in [-0.1, -0.05) is 12.1 Å². The lowest BCUT2D eigenvalue weighted by Gasteiger charge is -2.13. The van der Waals surface area contributed by atoms with Crippen molar-refractivity contribution in [3.8, 4) is 22.5 Å². The molecule has 2 aromatic heterocycles. The number of halogens is 5. The molecule has 1 aromatic carbocycles. The zero-order chi connectivity index (χ0) is 23.5. The first-order valence-corrected chi connectivity index (χ1v) is 10.8. The molecule has 0 saturated heterocycles. The third kappa shape index (κ3) is 5.59. The Hall–Kier alpha value is -3.06. The van der Waals surface area contributed by atoms with Crippen LogP contribution in [0, 0.1) is 0 Å². The van der Waals surface area contributed by atoms with E-state index in [4.69, 9.17) is 0 Å². The fourth-order valence-electron chi connectivity index (χ4n) is 2.81. The number of anilines is 1. The summed E-state index contributed by atoms with van der Waals surface area (Å²) in [5.41, 5.74) is 0.647. The smallest absolute Gasteiger partial charge is 0.382 e. The van der Waals surface area contributed by atoms with Gasteiger partial charge in [-0.25, -0.2) is 17.8 Å². The van der Waals surface area contributed by atoms with Crippen molar-refractivity contribution in [3.05, 3.63) is 54.4 Å². The van der Waals surface area contributed by atoms with Crippen molar-refractivity contribution in [1.82, 2.24) is 19.5 Å². The van der Waals surface area contributed by atoms with Crippen LogP contribution in [0.4, 0.5) is 27.6 Å². The average Bonchev–Trinajstić information content (AvgIpc) is 3.24. The molecule has 0 saturated carbocycles. The zero-order valence-corrected chi connectivity index (χ0v) is 17.4. The largest absolute Gasteiger partial charge is 0.416 e. The summed E-state index contributed by atoms with van der Waals surface area (Å²) in [7, 11) is -2.21. The molecule has 0 aliphatic rings. The highest BCUT2D eigenvalue weighted by atomic mass is 32.2. The molecule has 0 fully saturated rings. The molecule has 0 aliphatic carbocycles. The van der Waals surface area contributed by atoms with E-state index in [2.05, 4.69) is 20.1 Å². The average molecular weight is 475 g/mol. The summed E-state index contributed by atoms with van der Waals surface area (Å²) in [6, 6.07) is 7.15.